The highest BCUT2D eigenvalue weighted by Crippen LogP contribution is 2.17. The summed E-state index contributed by atoms with van der Waals surface area (Å²) in [6, 6.07) is 0. The van der Waals surface area contributed by atoms with Gasteiger partial charge in [-0.05, 0) is 12.8 Å². The van der Waals surface area contributed by atoms with Crippen LogP contribution in [0.25, 0.3) is 0 Å². The molecule has 2 rings (SSSR count). The molecule has 1 fully saturated rings. The average Bonchev–Trinajstić information content (AvgIpc) is 2.47. The van der Waals surface area contributed by atoms with Gasteiger partial charge in [-0.25, -0.2) is 14.8 Å². The first-order valence-corrected chi connectivity index (χ1v) is 5.92. The second kappa shape index (κ2) is 5.77. The molecule has 0 bridgehead atoms. The van der Waals surface area contributed by atoms with Crippen molar-refractivity contribution in [3.8, 4) is 0 Å². The fourth-order valence-corrected chi connectivity index (χ4v) is 2.00. The summed E-state index contributed by atoms with van der Waals surface area (Å²) in [6.45, 7) is 1.74. The third-order valence-electron chi connectivity index (χ3n) is 3.12. The lowest BCUT2D eigenvalue weighted by atomic mass is 10.1. The first kappa shape index (κ1) is 12.8. The molecule has 0 amide bonds. The maximum atomic E-state index is 11.3. The van der Waals surface area contributed by atoms with Crippen molar-refractivity contribution in [3.05, 3.63) is 18.0 Å². The highest BCUT2D eigenvalue weighted by Gasteiger charge is 2.20. The Hall–Kier alpha value is -1.69. The Bertz CT molecular complexity index is 400. The normalized spacial score (nSPS) is 16.7. The second-order valence-corrected chi connectivity index (χ2v) is 4.19. The molecule has 1 saturated heterocycles. The Morgan fingerprint density at radius 1 is 1.28 bits per heavy atom. The van der Waals surface area contributed by atoms with E-state index >= 15 is 0 Å². The van der Waals surface area contributed by atoms with Crippen molar-refractivity contribution in [1.82, 2.24) is 9.97 Å². The van der Waals surface area contributed by atoms with Gasteiger partial charge in [0, 0.05) is 32.6 Å². The number of piperidine rings is 1. The second-order valence-electron chi connectivity index (χ2n) is 4.19. The third kappa shape index (κ3) is 2.76. The fraction of sp³-hybridized carbons (Fsp3) is 0.583. The minimum Gasteiger partial charge on any atom is -0.465 e. The van der Waals surface area contributed by atoms with E-state index in [9.17, 15) is 4.79 Å². The largest absolute Gasteiger partial charge is 0.465 e. The van der Waals surface area contributed by atoms with Crippen LogP contribution in [0.5, 0.6) is 0 Å². The summed E-state index contributed by atoms with van der Waals surface area (Å²) in [5.41, 5.74) is 0.369. The van der Waals surface area contributed by atoms with Crippen molar-refractivity contribution < 1.29 is 14.3 Å². The van der Waals surface area contributed by atoms with Gasteiger partial charge >= 0.3 is 5.97 Å². The number of methoxy groups -OCH3 is 2. The Balaban J connectivity index is 2.00. The number of nitrogens with zero attached hydrogens (tertiary/aromatic N) is 3. The van der Waals surface area contributed by atoms with Crippen LogP contribution in [0.1, 0.15) is 23.2 Å². The number of esters is 1. The summed E-state index contributed by atoms with van der Waals surface area (Å²) in [5, 5.41) is 0. The molecule has 0 aromatic carbocycles. The minimum absolute atomic E-state index is 0.329. The van der Waals surface area contributed by atoms with Crippen molar-refractivity contribution in [1.29, 1.82) is 0 Å². The standard InChI is InChI=1S/C12H17N3O3/c1-17-10-3-5-15(6-4-10)12-13-7-9(8-14-12)11(16)18-2/h7-8,10H,3-6H2,1-2H3. The van der Waals surface area contributed by atoms with Crippen LogP contribution in [0.3, 0.4) is 0 Å². The molecule has 0 atom stereocenters. The van der Waals surface area contributed by atoms with Crippen molar-refractivity contribution >= 4 is 11.9 Å². The van der Waals surface area contributed by atoms with Crippen LogP contribution in [0.2, 0.25) is 0 Å². The Morgan fingerprint density at radius 3 is 2.39 bits per heavy atom. The number of anilines is 1. The predicted octanol–water partition coefficient (Wildman–Crippen LogP) is 0.878. The van der Waals surface area contributed by atoms with E-state index in [1.165, 1.54) is 19.5 Å². The highest BCUT2D eigenvalue weighted by atomic mass is 16.5. The Morgan fingerprint density at radius 2 is 1.89 bits per heavy atom. The minimum atomic E-state index is -0.417. The van der Waals surface area contributed by atoms with Crippen LogP contribution < -0.4 is 4.90 Å². The number of carbonyl (C=O) groups excluding carboxylic acids is 1. The Labute approximate surface area is 106 Å². The van der Waals surface area contributed by atoms with E-state index in [4.69, 9.17) is 4.74 Å². The quantitative estimate of drug-likeness (QED) is 0.743. The zero-order chi connectivity index (χ0) is 13.0. The van der Waals surface area contributed by atoms with Gasteiger partial charge in [-0.3, -0.25) is 0 Å². The lowest BCUT2D eigenvalue weighted by molar-refractivity contribution is 0.0600. The van der Waals surface area contributed by atoms with E-state index in [0.29, 0.717) is 17.6 Å². The van der Waals surface area contributed by atoms with Gasteiger partial charge in [0.1, 0.15) is 0 Å². The highest BCUT2D eigenvalue weighted by molar-refractivity contribution is 5.88. The lowest BCUT2D eigenvalue weighted by Gasteiger charge is -2.31. The summed E-state index contributed by atoms with van der Waals surface area (Å²) in [6.07, 6.45) is 5.26. The van der Waals surface area contributed by atoms with E-state index in [0.717, 1.165) is 25.9 Å². The van der Waals surface area contributed by atoms with Crippen LogP contribution in [0.15, 0.2) is 12.4 Å². The number of ether oxygens (including phenoxy) is 2. The molecule has 0 saturated carbocycles. The number of rotatable bonds is 3. The fourth-order valence-electron chi connectivity index (χ4n) is 2.00. The van der Waals surface area contributed by atoms with Gasteiger partial charge in [0.05, 0.1) is 18.8 Å². The first-order chi connectivity index (χ1) is 8.74. The van der Waals surface area contributed by atoms with Crippen molar-refractivity contribution in [3.63, 3.8) is 0 Å². The van der Waals surface area contributed by atoms with Crippen LogP contribution in [0.4, 0.5) is 5.95 Å². The summed E-state index contributed by atoms with van der Waals surface area (Å²) in [5.74, 6) is 0.233. The molecule has 98 valence electrons. The molecule has 6 nitrogen and oxygen atoms in total. The zero-order valence-electron chi connectivity index (χ0n) is 10.6. The molecule has 1 aromatic rings. The smallest absolute Gasteiger partial charge is 0.341 e. The van der Waals surface area contributed by atoms with Crippen LogP contribution in [-0.2, 0) is 9.47 Å². The molecule has 0 unspecified atom stereocenters. The molecule has 0 aliphatic carbocycles. The van der Waals surface area contributed by atoms with E-state index in [-0.39, 0.29) is 0 Å². The monoisotopic (exact) mass is 251 g/mol. The maximum absolute atomic E-state index is 11.3. The van der Waals surface area contributed by atoms with Gasteiger partial charge in [0.2, 0.25) is 5.95 Å². The van der Waals surface area contributed by atoms with Crippen molar-refractivity contribution in [2.75, 3.05) is 32.2 Å². The first-order valence-electron chi connectivity index (χ1n) is 5.92. The molecule has 1 aromatic heterocycles. The molecule has 0 radical (unpaired) electrons. The molecular formula is C12H17N3O3. The van der Waals surface area contributed by atoms with E-state index in [1.807, 2.05) is 0 Å². The summed E-state index contributed by atoms with van der Waals surface area (Å²) < 4.78 is 9.91. The van der Waals surface area contributed by atoms with Crippen LogP contribution in [0, 0.1) is 0 Å². The summed E-state index contributed by atoms with van der Waals surface area (Å²) >= 11 is 0. The molecule has 1 aliphatic heterocycles. The number of hydrogen-bond acceptors (Lipinski definition) is 6. The van der Waals surface area contributed by atoms with Gasteiger partial charge in [-0.2, -0.15) is 0 Å². The number of hydrogen-bond donors (Lipinski definition) is 0. The van der Waals surface area contributed by atoms with Crippen molar-refractivity contribution in [2.45, 2.75) is 18.9 Å². The summed E-state index contributed by atoms with van der Waals surface area (Å²) in [7, 11) is 3.08. The summed E-state index contributed by atoms with van der Waals surface area (Å²) in [4.78, 5) is 21.7. The van der Waals surface area contributed by atoms with Gasteiger partial charge in [0.25, 0.3) is 0 Å². The SMILES string of the molecule is COC(=O)c1cnc(N2CCC(OC)CC2)nc1. The number of carbonyl (C=O) groups is 1. The molecule has 18 heavy (non-hydrogen) atoms. The lowest BCUT2D eigenvalue weighted by Crippen LogP contribution is -2.37. The van der Waals surface area contributed by atoms with Gasteiger partial charge in [-0.1, -0.05) is 0 Å². The van der Waals surface area contributed by atoms with Crippen molar-refractivity contribution in [2.24, 2.45) is 0 Å². The third-order valence-corrected chi connectivity index (χ3v) is 3.12. The van der Waals surface area contributed by atoms with Gasteiger partial charge in [-0.15, -0.1) is 0 Å². The predicted molar refractivity (Wildman–Crippen MR) is 65.6 cm³/mol. The van der Waals surface area contributed by atoms with Gasteiger partial charge < -0.3 is 14.4 Å². The molecule has 0 N–H and O–H groups in total. The van der Waals surface area contributed by atoms with E-state index in [1.54, 1.807) is 7.11 Å². The van der Waals surface area contributed by atoms with E-state index < -0.39 is 5.97 Å². The molecule has 1 aliphatic rings. The molecule has 2 heterocycles. The average molecular weight is 251 g/mol. The molecular weight excluding hydrogens is 234 g/mol. The Kier molecular flexibility index (Phi) is 4.09. The van der Waals surface area contributed by atoms with Crippen LogP contribution in [-0.4, -0.2) is 49.4 Å². The van der Waals surface area contributed by atoms with E-state index in [2.05, 4.69) is 19.6 Å². The molecule has 0 spiro atoms. The number of aromatic nitrogens is 2. The van der Waals surface area contributed by atoms with Crippen LogP contribution >= 0.6 is 0 Å². The zero-order valence-corrected chi connectivity index (χ0v) is 10.6. The maximum Gasteiger partial charge on any atom is 0.341 e. The molecule has 6 heteroatoms. The topological polar surface area (TPSA) is 64.5 Å². The van der Waals surface area contributed by atoms with Gasteiger partial charge in [0.15, 0.2) is 0 Å².